The quantitative estimate of drug-likeness (QED) is 0.263. The first kappa shape index (κ1) is 12.7. The van der Waals surface area contributed by atoms with Gasteiger partial charge in [0.15, 0.2) is 11.9 Å². The van der Waals surface area contributed by atoms with Gasteiger partial charge in [0, 0.05) is 6.54 Å². The molecule has 0 aromatic rings. The Labute approximate surface area is 84.9 Å². The van der Waals surface area contributed by atoms with Gasteiger partial charge in [0.2, 0.25) is 0 Å². The van der Waals surface area contributed by atoms with Crippen molar-refractivity contribution in [3.8, 4) is 0 Å². The topological polar surface area (TPSA) is 104 Å². The molecule has 0 saturated heterocycles. The number of hydrogen-bond acceptors (Lipinski definition) is 3. The minimum absolute atomic E-state index is 0.181. The zero-order valence-electron chi connectivity index (χ0n) is 8.88. The highest BCUT2D eigenvalue weighted by molar-refractivity contribution is 5.95. The lowest BCUT2D eigenvalue weighted by Gasteiger charge is -2.07. The van der Waals surface area contributed by atoms with Crippen molar-refractivity contribution >= 4 is 11.9 Å². The van der Waals surface area contributed by atoms with Gasteiger partial charge in [0.25, 0.3) is 0 Å². The maximum Gasteiger partial charge on any atom is 0.195 e. The van der Waals surface area contributed by atoms with E-state index in [9.17, 15) is 0 Å². The Kier molecular flexibility index (Phi) is 6.47. The van der Waals surface area contributed by atoms with Gasteiger partial charge in [-0.25, -0.2) is 0 Å². The van der Waals surface area contributed by atoms with E-state index in [2.05, 4.69) is 15.2 Å². The molecule has 0 rings (SSSR count). The van der Waals surface area contributed by atoms with Gasteiger partial charge in [-0.2, -0.15) is 0 Å². The number of hydrogen-bond donors (Lipinski definition) is 4. The van der Waals surface area contributed by atoms with E-state index in [0.717, 1.165) is 19.4 Å². The number of guanidine groups is 2. The number of rotatable bonds is 5. The molecule has 0 spiro atoms. The summed E-state index contributed by atoms with van der Waals surface area (Å²) in [5.74, 6) is 0.0295. The summed E-state index contributed by atoms with van der Waals surface area (Å²) in [5.41, 5.74) is 10.5. The molecule has 6 heteroatoms. The first-order valence-electron chi connectivity index (χ1n) is 4.58. The van der Waals surface area contributed by atoms with Gasteiger partial charge in [-0.3, -0.25) is 15.7 Å². The second-order valence-corrected chi connectivity index (χ2v) is 3.32. The Morgan fingerprint density at radius 1 is 1.36 bits per heavy atom. The summed E-state index contributed by atoms with van der Waals surface area (Å²) >= 11 is 0. The van der Waals surface area contributed by atoms with Crippen molar-refractivity contribution in [3.05, 3.63) is 0 Å². The smallest absolute Gasteiger partial charge is 0.195 e. The summed E-state index contributed by atoms with van der Waals surface area (Å²) in [6.07, 6.45) is 2.07. The van der Waals surface area contributed by atoms with Crippen LogP contribution in [0.5, 0.6) is 0 Å². The molecular weight excluding hydrogens is 180 g/mol. The van der Waals surface area contributed by atoms with Gasteiger partial charge in [0.05, 0.1) is 0 Å². The number of nitrogens with two attached hydrogens (primary N) is 2. The van der Waals surface area contributed by atoms with Gasteiger partial charge in [0.1, 0.15) is 0 Å². The van der Waals surface area contributed by atoms with Crippen LogP contribution in [0.25, 0.3) is 0 Å². The Hall–Kier alpha value is -1.30. The number of nitrogens with zero attached hydrogens (tertiary/aromatic N) is 2. The standard InChI is InChI=1S/C8H20N6/c1-14(2)6-4-3-5-12-8(11)13-7(9)10/h3-6H2,1-2H3,(H6,9,10,11,12,13). The molecule has 6 nitrogen and oxygen atoms in total. The average Bonchev–Trinajstić information content (AvgIpc) is 2.01. The molecule has 0 aliphatic heterocycles. The van der Waals surface area contributed by atoms with Crippen LogP contribution in [0.15, 0.2) is 4.99 Å². The molecule has 0 fully saturated rings. The summed E-state index contributed by atoms with van der Waals surface area (Å²) in [6, 6.07) is 0. The van der Waals surface area contributed by atoms with Crippen molar-refractivity contribution < 1.29 is 0 Å². The molecule has 0 bridgehead atoms. The average molecular weight is 200 g/mol. The highest BCUT2D eigenvalue weighted by Crippen LogP contribution is 1.90. The zero-order chi connectivity index (χ0) is 11.0. The fourth-order valence-corrected chi connectivity index (χ4v) is 0.917. The highest BCUT2D eigenvalue weighted by atomic mass is 15.2. The lowest BCUT2D eigenvalue weighted by Crippen LogP contribution is -2.40. The summed E-state index contributed by atoms with van der Waals surface area (Å²) in [4.78, 5) is 6.13. The van der Waals surface area contributed by atoms with Crippen LogP contribution < -0.4 is 16.8 Å². The lowest BCUT2D eigenvalue weighted by molar-refractivity contribution is 0.396. The van der Waals surface area contributed by atoms with Crippen LogP contribution in [-0.4, -0.2) is 44.0 Å². The molecule has 0 aromatic heterocycles. The predicted octanol–water partition coefficient (Wildman–Crippen LogP) is -0.874. The molecule has 14 heavy (non-hydrogen) atoms. The second kappa shape index (κ2) is 7.14. The Bertz CT molecular complexity index is 198. The van der Waals surface area contributed by atoms with Gasteiger partial charge >= 0.3 is 0 Å². The number of nitrogens with one attached hydrogen (secondary N) is 2. The normalized spacial score (nSPS) is 11.8. The van der Waals surface area contributed by atoms with Gasteiger partial charge in [-0.15, -0.1) is 0 Å². The van der Waals surface area contributed by atoms with Crippen LogP contribution in [0.4, 0.5) is 0 Å². The van der Waals surface area contributed by atoms with Crippen molar-refractivity contribution in [2.75, 3.05) is 27.2 Å². The van der Waals surface area contributed by atoms with Gasteiger partial charge in [-0.1, -0.05) is 0 Å². The Balaban J connectivity index is 3.46. The molecule has 0 aliphatic carbocycles. The molecule has 82 valence electrons. The summed E-state index contributed by atoms with van der Waals surface area (Å²) in [6.45, 7) is 1.72. The first-order chi connectivity index (χ1) is 6.52. The van der Waals surface area contributed by atoms with Gasteiger partial charge < -0.3 is 16.4 Å². The second-order valence-electron chi connectivity index (χ2n) is 3.32. The van der Waals surface area contributed by atoms with Crippen LogP contribution in [0.1, 0.15) is 12.8 Å². The monoisotopic (exact) mass is 200 g/mol. The molecule has 0 aliphatic rings. The Morgan fingerprint density at radius 2 is 2.00 bits per heavy atom. The van der Waals surface area contributed by atoms with E-state index < -0.39 is 0 Å². The largest absolute Gasteiger partial charge is 0.370 e. The van der Waals surface area contributed by atoms with Crippen molar-refractivity contribution in [2.45, 2.75) is 12.8 Å². The third kappa shape index (κ3) is 8.79. The lowest BCUT2D eigenvalue weighted by atomic mass is 10.3. The van der Waals surface area contributed by atoms with Crippen LogP contribution in [0.3, 0.4) is 0 Å². The van der Waals surface area contributed by atoms with Crippen LogP contribution in [-0.2, 0) is 0 Å². The minimum Gasteiger partial charge on any atom is -0.370 e. The number of aliphatic imine (C=N–C) groups is 1. The van der Waals surface area contributed by atoms with Crippen LogP contribution in [0.2, 0.25) is 0 Å². The van der Waals surface area contributed by atoms with Crippen molar-refractivity contribution in [1.82, 2.24) is 10.2 Å². The van der Waals surface area contributed by atoms with Crippen molar-refractivity contribution in [3.63, 3.8) is 0 Å². The summed E-state index contributed by atoms with van der Waals surface area (Å²) in [7, 11) is 4.07. The third-order valence-corrected chi connectivity index (χ3v) is 1.56. The van der Waals surface area contributed by atoms with E-state index in [1.807, 2.05) is 14.1 Å². The fourth-order valence-electron chi connectivity index (χ4n) is 0.917. The summed E-state index contributed by atoms with van der Waals surface area (Å²) < 4.78 is 0. The molecule has 0 heterocycles. The van der Waals surface area contributed by atoms with E-state index in [-0.39, 0.29) is 11.9 Å². The fraction of sp³-hybridized carbons (Fsp3) is 0.750. The van der Waals surface area contributed by atoms with E-state index >= 15 is 0 Å². The molecule has 6 N–H and O–H groups in total. The molecule has 0 atom stereocenters. The van der Waals surface area contributed by atoms with Crippen molar-refractivity contribution in [2.24, 2.45) is 16.5 Å². The number of unbranched alkanes of at least 4 members (excludes halogenated alkanes) is 1. The highest BCUT2D eigenvalue weighted by Gasteiger charge is 1.93. The SMILES string of the molecule is CN(C)CCCCN=C(N)NC(=N)N. The molecule has 0 amide bonds. The maximum absolute atomic E-state index is 6.90. The van der Waals surface area contributed by atoms with E-state index in [0.29, 0.717) is 6.54 Å². The predicted molar refractivity (Wildman–Crippen MR) is 59.3 cm³/mol. The third-order valence-electron chi connectivity index (χ3n) is 1.56. The van der Waals surface area contributed by atoms with Crippen LogP contribution >= 0.6 is 0 Å². The van der Waals surface area contributed by atoms with E-state index in [4.69, 9.17) is 16.9 Å². The first-order valence-corrected chi connectivity index (χ1v) is 4.58. The minimum atomic E-state index is -0.181. The Morgan fingerprint density at radius 3 is 2.50 bits per heavy atom. The molecule has 0 saturated carbocycles. The maximum atomic E-state index is 6.90. The van der Waals surface area contributed by atoms with Gasteiger partial charge in [-0.05, 0) is 33.5 Å². The summed E-state index contributed by atoms with van der Waals surface area (Å²) in [5, 5.41) is 9.32. The zero-order valence-corrected chi connectivity index (χ0v) is 8.88. The molecule has 0 unspecified atom stereocenters. The molecule has 0 radical (unpaired) electrons. The van der Waals surface area contributed by atoms with E-state index in [1.54, 1.807) is 0 Å². The van der Waals surface area contributed by atoms with E-state index in [1.165, 1.54) is 0 Å². The molecule has 0 aromatic carbocycles. The van der Waals surface area contributed by atoms with Crippen molar-refractivity contribution in [1.29, 1.82) is 5.41 Å². The van der Waals surface area contributed by atoms with Crippen LogP contribution in [0, 0.1) is 5.41 Å². The molecular formula is C8H20N6.